The van der Waals surface area contributed by atoms with Crippen molar-refractivity contribution in [1.29, 1.82) is 0 Å². The lowest BCUT2D eigenvalue weighted by atomic mass is 9.98. The summed E-state index contributed by atoms with van der Waals surface area (Å²) in [5.74, 6) is 0. The average Bonchev–Trinajstić information content (AvgIpc) is 3.72. The van der Waals surface area contributed by atoms with Gasteiger partial charge in [-0.2, -0.15) is 0 Å². The monoisotopic (exact) mass is 636 g/mol. The summed E-state index contributed by atoms with van der Waals surface area (Å²) in [5.41, 5.74) is 14.3. The lowest BCUT2D eigenvalue weighted by Crippen LogP contribution is -1.99. The molecule has 234 valence electrons. The van der Waals surface area contributed by atoms with Crippen molar-refractivity contribution in [2.45, 2.75) is 0 Å². The lowest BCUT2D eigenvalue weighted by molar-refractivity contribution is 1.15. The van der Waals surface area contributed by atoms with Crippen LogP contribution >= 0.6 is 0 Å². The molecule has 0 aliphatic heterocycles. The maximum Gasteiger partial charge on any atom is 0.0788 e. The molecule has 0 bridgehead atoms. The van der Waals surface area contributed by atoms with E-state index in [9.17, 15) is 0 Å². The van der Waals surface area contributed by atoms with E-state index in [2.05, 4.69) is 203 Å². The van der Waals surface area contributed by atoms with E-state index in [-0.39, 0.29) is 0 Å². The van der Waals surface area contributed by atoms with Crippen LogP contribution in [0, 0.1) is 0 Å². The van der Waals surface area contributed by atoms with Crippen molar-refractivity contribution >= 4 is 43.6 Å². The topological polar surface area (TPSA) is 9.86 Å². The molecule has 2 heterocycles. The average molecular weight is 637 g/mol. The molecular weight excluding hydrogens is 605 g/mol. The van der Waals surface area contributed by atoms with Crippen LogP contribution in [0.1, 0.15) is 0 Å². The number of rotatable bonds is 5. The third-order valence-corrected chi connectivity index (χ3v) is 10.1. The fourth-order valence-corrected chi connectivity index (χ4v) is 7.81. The zero-order chi connectivity index (χ0) is 33.0. The second kappa shape index (κ2) is 11.5. The molecule has 8 aromatic carbocycles. The molecule has 0 N–H and O–H groups in total. The molecule has 50 heavy (non-hydrogen) atoms. The van der Waals surface area contributed by atoms with Crippen molar-refractivity contribution in [3.8, 4) is 44.8 Å². The molecule has 0 radical (unpaired) electrons. The lowest BCUT2D eigenvalue weighted by Gasteiger charge is -2.16. The van der Waals surface area contributed by atoms with Gasteiger partial charge in [0, 0.05) is 32.9 Å². The van der Waals surface area contributed by atoms with Crippen molar-refractivity contribution in [3.05, 3.63) is 194 Å². The van der Waals surface area contributed by atoms with E-state index < -0.39 is 0 Å². The number of hydrogen-bond acceptors (Lipinski definition) is 0. The Bertz CT molecular complexity index is 2770. The van der Waals surface area contributed by atoms with E-state index >= 15 is 0 Å². The van der Waals surface area contributed by atoms with Gasteiger partial charge in [0.05, 0.1) is 22.1 Å². The maximum atomic E-state index is 2.51. The van der Waals surface area contributed by atoms with Gasteiger partial charge in [0.25, 0.3) is 0 Å². The Hall–Kier alpha value is -6.64. The molecule has 10 rings (SSSR count). The fourth-order valence-electron chi connectivity index (χ4n) is 7.81. The van der Waals surface area contributed by atoms with Crippen molar-refractivity contribution < 1.29 is 0 Å². The van der Waals surface area contributed by atoms with Crippen molar-refractivity contribution in [3.63, 3.8) is 0 Å². The van der Waals surface area contributed by atoms with Crippen LogP contribution in [0.25, 0.3) is 88.4 Å². The number of hydrogen-bond donors (Lipinski definition) is 0. The number of aromatic nitrogens is 2. The minimum atomic E-state index is 1.13. The van der Waals surface area contributed by atoms with Crippen LogP contribution in [0.3, 0.4) is 0 Å². The summed E-state index contributed by atoms with van der Waals surface area (Å²) in [6.07, 6.45) is 0. The predicted octanol–water partition coefficient (Wildman–Crippen LogP) is 12.9. The summed E-state index contributed by atoms with van der Waals surface area (Å²) in [4.78, 5) is 0. The molecule has 0 unspecified atom stereocenters. The first-order valence-corrected chi connectivity index (χ1v) is 17.2. The summed E-state index contributed by atoms with van der Waals surface area (Å²) in [6.45, 7) is 0. The minimum Gasteiger partial charge on any atom is -0.307 e. The van der Waals surface area contributed by atoms with E-state index in [1.165, 1.54) is 77.0 Å². The number of nitrogens with zero attached hydrogens (tertiary/aromatic N) is 2. The summed E-state index contributed by atoms with van der Waals surface area (Å²) in [7, 11) is 0. The largest absolute Gasteiger partial charge is 0.307 e. The van der Waals surface area contributed by atoms with Crippen molar-refractivity contribution in [2.75, 3.05) is 0 Å². The first-order valence-electron chi connectivity index (χ1n) is 17.2. The third-order valence-electron chi connectivity index (χ3n) is 10.1. The van der Waals surface area contributed by atoms with E-state index in [0.29, 0.717) is 0 Å². The summed E-state index contributed by atoms with van der Waals surface area (Å²) >= 11 is 0. The second-order valence-corrected chi connectivity index (χ2v) is 13.0. The number of fused-ring (bicyclic) bond motifs is 7. The molecule has 0 spiro atoms. The zero-order valence-corrected chi connectivity index (χ0v) is 27.4. The molecule has 0 aliphatic carbocycles. The molecule has 2 heteroatoms. The van der Waals surface area contributed by atoms with Crippen LogP contribution in [0.2, 0.25) is 0 Å². The van der Waals surface area contributed by atoms with Gasteiger partial charge in [-0.25, -0.2) is 0 Å². The normalized spacial score (nSPS) is 11.6. The van der Waals surface area contributed by atoms with Crippen molar-refractivity contribution in [2.24, 2.45) is 0 Å². The van der Waals surface area contributed by atoms with Crippen LogP contribution < -0.4 is 0 Å². The van der Waals surface area contributed by atoms with E-state index in [1.807, 2.05) is 0 Å². The summed E-state index contributed by atoms with van der Waals surface area (Å²) in [5, 5.41) is 4.96. The minimum absolute atomic E-state index is 1.13. The van der Waals surface area contributed by atoms with Crippen LogP contribution in [0.15, 0.2) is 194 Å². The molecule has 0 amide bonds. The van der Waals surface area contributed by atoms with Gasteiger partial charge in [0.15, 0.2) is 0 Å². The van der Waals surface area contributed by atoms with Gasteiger partial charge in [-0.05, 0) is 81.9 Å². The Labute approximate surface area is 290 Å². The van der Waals surface area contributed by atoms with E-state index in [4.69, 9.17) is 0 Å². The quantitative estimate of drug-likeness (QED) is 0.178. The number of para-hydroxylation sites is 2. The summed E-state index contributed by atoms with van der Waals surface area (Å²) in [6, 6.07) is 70.5. The molecule has 2 aromatic heterocycles. The van der Waals surface area contributed by atoms with Gasteiger partial charge in [0.2, 0.25) is 0 Å². The molecule has 10 aromatic rings. The Morgan fingerprint density at radius 3 is 1.30 bits per heavy atom. The van der Waals surface area contributed by atoms with E-state index in [0.717, 1.165) is 11.4 Å². The molecule has 0 aliphatic rings. The van der Waals surface area contributed by atoms with Crippen LogP contribution in [0.4, 0.5) is 0 Å². The second-order valence-electron chi connectivity index (χ2n) is 13.0. The highest BCUT2D eigenvalue weighted by molar-refractivity contribution is 6.24. The molecule has 0 fully saturated rings. The highest BCUT2D eigenvalue weighted by Gasteiger charge is 2.22. The molecule has 0 saturated heterocycles. The van der Waals surface area contributed by atoms with Gasteiger partial charge < -0.3 is 9.13 Å². The van der Waals surface area contributed by atoms with Gasteiger partial charge in [-0.1, -0.05) is 146 Å². The van der Waals surface area contributed by atoms with Crippen LogP contribution in [0.5, 0.6) is 0 Å². The highest BCUT2D eigenvalue weighted by atomic mass is 15.0. The van der Waals surface area contributed by atoms with Gasteiger partial charge >= 0.3 is 0 Å². The predicted molar refractivity (Wildman–Crippen MR) is 211 cm³/mol. The van der Waals surface area contributed by atoms with Crippen molar-refractivity contribution in [1.82, 2.24) is 9.13 Å². The first kappa shape index (κ1) is 28.4. The van der Waals surface area contributed by atoms with Gasteiger partial charge in [0.1, 0.15) is 0 Å². The fraction of sp³-hybridized carbons (Fsp3) is 0. The SMILES string of the molecule is c1ccc(-c2cc(-c3ccccc3)cc(-n3c4ccc(-c5ccccc5)cc4c4ccc5c6ccccc6n(-c6ccccc6)c5c43)c2)cc1. The number of benzene rings is 8. The molecule has 0 atom stereocenters. The first-order chi connectivity index (χ1) is 24.8. The molecular formula is C48H32N2. The standard InChI is InChI=1S/C48H32N2/c1-5-15-33(16-6-1)36-25-28-46-44(32-36)43-27-26-42-41-23-13-14-24-45(41)49(39-21-11-4-12-22-39)47(42)48(43)50(46)40-30-37(34-17-7-2-8-18-34)29-38(31-40)35-19-9-3-10-20-35/h1-32H. The molecule has 2 nitrogen and oxygen atoms in total. The maximum absolute atomic E-state index is 2.51. The molecule has 0 saturated carbocycles. The van der Waals surface area contributed by atoms with Gasteiger partial charge in [-0.15, -0.1) is 0 Å². The van der Waals surface area contributed by atoms with E-state index in [1.54, 1.807) is 0 Å². The zero-order valence-electron chi connectivity index (χ0n) is 27.4. The van der Waals surface area contributed by atoms with Crippen LogP contribution in [-0.2, 0) is 0 Å². The van der Waals surface area contributed by atoms with Crippen LogP contribution in [-0.4, -0.2) is 9.13 Å². The highest BCUT2D eigenvalue weighted by Crippen LogP contribution is 2.43. The van der Waals surface area contributed by atoms with Gasteiger partial charge in [-0.3, -0.25) is 0 Å². The Kier molecular flexibility index (Phi) is 6.53. The third kappa shape index (κ3) is 4.50. The Morgan fingerprint density at radius 1 is 0.240 bits per heavy atom. The smallest absolute Gasteiger partial charge is 0.0788 e. The summed E-state index contributed by atoms with van der Waals surface area (Å²) < 4.78 is 4.97. The Morgan fingerprint density at radius 2 is 0.700 bits per heavy atom. The Balaban J connectivity index is 1.39.